The van der Waals surface area contributed by atoms with Gasteiger partial charge in [-0.1, -0.05) is 6.07 Å². The number of hydrogen-bond donors (Lipinski definition) is 2. The van der Waals surface area contributed by atoms with E-state index in [1.807, 2.05) is 6.07 Å². The Balaban J connectivity index is 1.30. The maximum Gasteiger partial charge on any atom is 0.165 e. The lowest BCUT2D eigenvalue weighted by Gasteiger charge is -2.35. The van der Waals surface area contributed by atoms with Crippen LogP contribution in [0.5, 0.6) is 5.75 Å². The van der Waals surface area contributed by atoms with E-state index in [1.54, 1.807) is 18.5 Å². The van der Waals surface area contributed by atoms with Gasteiger partial charge in [0.25, 0.3) is 0 Å². The zero-order valence-corrected chi connectivity index (χ0v) is 15.1. The summed E-state index contributed by atoms with van der Waals surface area (Å²) in [6.45, 7) is 0.203. The molecule has 0 saturated heterocycles. The van der Waals surface area contributed by atoms with Crippen molar-refractivity contribution in [2.24, 2.45) is 0 Å². The monoisotopic (exact) mass is 384 g/mol. The lowest BCUT2D eigenvalue weighted by molar-refractivity contribution is 0.0873. The Labute approximate surface area is 161 Å². The van der Waals surface area contributed by atoms with Crippen LogP contribution in [0.2, 0.25) is 0 Å². The van der Waals surface area contributed by atoms with Crippen LogP contribution in [0.3, 0.4) is 0 Å². The average Bonchev–Trinajstić information content (AvgIpc) is 3.14. The molecule has 1 aliphatic rings. The zero-order valence-electron chi connectivity index (χ0n) is 15.1. The third-order valence-corrected chi connectivity index (χ3v) is 4.97. The predicted molar refractivity (Wildman–Crippen MR) is 99.1 cm³/mol. The Hall–Kier alpha value is -3.07. The summed E-state index contributed by atoms with van der Waals surface area (Å²) in [5, 5.41) is 13.9. The minimum absolute atomic E-state index is 0.0303. The Morgan fingerprint density at radius 3 is 2.79 bits per heavy atom. The summed E-state index contributed by atoms with van der Waals surface area (Å²) in [7, 11) is 0. The van der Waals surface area contributed by atoms with Crippen molar-refractivity contribution in [1.82, 2.24) is 24.7 Å². The fourth-order valence-electron chi connectivity index (χ4n) is 3.36. The molecule has 2 heterocycles. The second-order valence-corrected chi connectivity index (χ2v) is 7.00. The predicted octanol–water partition coefficient (Wildman–Crippen LogP) is 1.89. The van der Waals surface area contributed by atoms with E-state index in [0.29, 0.717) is 11.7 Å². The third-order valence-electron chi connectivity index (χ3n) is 4.97. The van der Waals surface area contributed by atoms with Crippen molar-refractivity contribution in [3.63, 3.8) is 0 Å². The van der Waals surface area contributed by atoms with Crippen molar-refractivity contribution in [2.75, 3.05) is 12.3 Å². The topological polar surface area (TPSA) is 112 Å². The molecule has 8 nitrogen and oxygen atoms in total. The summed E-state index contributed by atoms with van der Waals surface area (Å²) in [6, 6.07) is 5.00. The van der Waals surface area contributed by atoms with Gasteiger partial charge in [0.05, 0.1) is 24.6 Å². The Morgan fingerprint density at radius 2 is 2.11 bits per heavy atom. The lowest BCUT2D eigenvalue weighted by Crippen LogP contribution is -2.24. The van der Waals surface area contributed by atoms with Gasteiger partial charge in [-0.25, -0.2) is 14.4 Å². The summed E-state index contributed by atoms with van der Waals surface area (Å²) in [5.74, 6) is 0.710. The first kappa shape index (κ1) is 18.3. The van der Waals surface area contributed by atoms with E-state index in [-0.39, 0.29) is 24.8 Å². The first-order valence-corrected chi connectivity index (χ1v) is 9.08. The highest BCUT2D eigenvalue weighted by Gasteiger charge is 2.33. The van der Waals surface area contributed by atoms with Crippen LogP contribution in [0, 0.1) is 5.82 Å². The number of rotatable bonds is 7. The molecule has 1 fully saturated rings. The van der Waals surface area contributed by atoms with Crippen LogP contribution >= 0.6 is 0 Å². The molecule has 1 saturated carbocycles. The zero-order chi connectivity index (χ0) is 19.5. The molecular weight excluding hydrogens is 363 g/mol. The van der Waals surface area contributed by atoms with E-state index in [0.717, 1.165) is 24.1 Å². The van der Waals surface area contributed by atoms with Crippen molar-refractivity contribution in [2.45, 2.75) is 37.3 Å². The number of halogens is 1. The fourth-order valence-corrected chi connectivity index (χ4v) is 3.36. The van der Waals surface area contributed by atoms with Gasteiger partial charge in [-0.3, -0.25) is 9.67 Å². The molecule has 0 spiro atoms. The number of benzene rings is 1. The highest BCUT2D eigenvalue weighted by Crippen LogP contribution is 2.47. The van der Waals surface area contributed by atoms with Crippen molar-refractivity contribution >= 4 is 5.82 Å². The molecule has 0 bridgehead atoms. The number of anilines is 1. The molecule has 3 N–H and O–H groups in total. The summed E-state index contributed by atoms with van der Waals surface area (Å²) < 4.78 is 21.3. The van der Waals surface area contributed by atoms with Gasteiger partial charge < -0.3 is 15.6 Å². The molecule has 1 aliphatic carbocycles. The molecule has 1 aromatic carbocycles. The number of nitrogen functional groups attached to an aromatic ring is 1. The highest BCUT2D eigenvalue weighted by molar-refractivity contribution is 5.34. The van der Waals surface area contributed by atoms with Gasteiger partial charge in [-0.05, 0) is 36.5 Å². The van der Waals surface area contributed by atoms with Crippen molar-refractivity contribution in [3.8, 4) is 5.75 Å². The normalized spacial score (nSPS) is 19.8. The SMILES string of the molecule is Nc1cnc(C2CC(c3ccc(OCC(O)Cn4cncn4)c(F)c3)C2)cn1. The first-order chi connectivity index (χ1) is 13.6. The molecule has 28 heavy (non-hydrogen) atoms. The first-order valence-electron chi connectivity index (χ1n) is 9.08. The number of nitrogens with zero attached hydrogens (tertiary/aromatic N) is 5. The number of ether oxygens (including phenoxy) is 1. The van der Waals surface area contributed by atoms with E-state index in [4.69, 9.17) is 10.5 Å². The second kappa shape index (κ2) is 7.89. The van der Waals surface area contributed by atoms with Gasteiger partial charge in [0.2, 0.25) is 0 Å². The van der Waals surface area contributed by atoms with Crippen LogP contribution < -0.4 is 10.5 Å². The summed E-state index contributed by atoms with van der Waals surface area (Å²) in [5.41, 5.74) is 7.42. The third kappa shape index (κ3) is 4.09. The van der Waals surface area contributed by atoms with Gasteiger partial charge in [-0.15, -0.1) is 0 Å². The van der Waals surface area contributed by atoms with Gasteiger partial charge >= 0.3 is 0 Å². The molecule has 4 rings (SSSR count). The number of hydrogen-bond acceptors (Lipinski definition) is 7. The number of aromatic nitrogens is 5. The largest absolute Gasteiger partial charge is 0.488 e. The Kier molecular flexibility index (Phi) is 5.16. The van der Waals surface area contributed by atoms with Crippen LogP contribution in [-0.2, 0) is 6.54 Å². The molecule has 1 atom stereocenters. The van der Waals surface area contributed by atoms with Gasteiger partial charge in [-0.2, -0.15) is 5.10 Å². The van der Waals surface area contributed by atoms with E-state index in [1.165, 1.54) is 23.4 Å². The number of aliphatic hydroxyl groups is 1. The molecule has 0 aliphatic heterocycles. The van der Waals surface area contributed by atoms with E-state index < -0.39 is 11.9 Å². The van der Waals surface area contributed by atoms with Crippen LogP contribution in [0.15, 0.2) is 43.2 Å². The average molecular weight is 384 g/mol. The summed E-state index contributed by atoms with van der Waals surface area (Å²) in [6.07, 6.45) is 7.14. The molecule has 146 valence electrons. The maximum atomic E-state index is 14.4. The van der Waals surface area contributed by atoms with Gasteiger partial charge in [0, 0.05) is 5.92 Å². The molecule has 1 unspecified atom stereocenters. The molecule has 0 radical (unpaired) electrons. The van der Waals surface area contributed by atoms with Gasteiger partial charge in [0.15, 0.2) is 11.6 Å². The van der Waals surface area contributed by atoms with Crippen LogP contribution in [0.4, 0.5) is 10.2 Å². The van der Waals surface area contributed by atoms with E-state index in [9.17, 15) is 9.50 Å². The highest BCUT2D eigenvalue weighted by atomic mass is 19.1. The van der Waals surface area contributed by atoms with E-state index >= 15 is 0 Å². The minimum atomic E-state index is -0.811. The van der Waals surface area contributed by atoms with Crippen molar-refractivity contribution in [3.05, 3.63) is 60.3 Å². The Morgan fingerprint density at radius 1 is 1.25 bits per heavy atom. The summed E-state index contributed by atoms with van der Waals surface area (Å²) in [4.78, 5) is 12.2. The standard InChI is InChI=1S/C19H21FN6O2/c20-16-5-12(13-3-14(4-13)17-6-24-19(21)7-23-17)1-2-18(16)28-9-15(27)8-26-11-22-10-25-26/h1-2,5-7,10-11,13-15,27H,3-4,8-9H2,(H2,21,24). The molecule has 3 aromatic rings. The van der Waals surface area contributed by atoms with Crippen molar-refractivity contribution in [1.29, 1.82) is 0 Å². The molecule has 9 heteroatoms. The quantitative estimate of drug-likeness (QED) is 0.640. The number of aliphatic hydroxyl groups excluding tert-OH is 1. The molecular formula is C19H21FN6O2. The Bertz CT molecular complexity index is 913. The smallest absolute Gasteiger partial charge is 0.165 e. The van der Waals surface area contributed by atoms with Crippen LogP contribution in [-0.4, -0.2) is 42.5 Å². The second-order valence-electron chi connectivity index (χ2n) is 7.00. The minimum Gasteiger partial charge on any atom is -0.488 e. The summed E-state index contributed by atoms with van der Waals surface area (Å²) >= 11 is 0. The van der Waals surface area contributed by atoms with Crippen LogP contribution in [0.25, 0.3) is 0 Å². The molecule has 0 amide bonds. The maximum absolute atomic E-state index is 14.4. The number of nitrogens with two attached hydrogens (primary N) is 1. The lowest BCUT2D eigenvalue weighted by atomic mass is 9.70. The van der Waals surface area contributed by atoms with Gasteiger partial charge in [0.1, 0.15) is 31.2 Å². The van der Waals surface area contributed by atoms with Crippen LogP contribution in [0.1, 0.15) is 35.9 Å². The van der Waals surface area contributed by atoms with Crippen molar-refractivity contribution < 1.29 is 14.2 Å². The van der Waals surface area contributed by atoms with E-state index in [2.05, 4.69) is 20.1 Å². The molecule has 2 aromatic heterocycles. The fraction of sp³-hybridized carbons (Fsp3) is 0.368.